The Kier molecular flexibility index (Phi) is 6.19. The minimum atomic E-state index is -0.550. The fourth-order valence-corrected chi connectivity index (χ4v) is 5.44. The SMILES string of the molecule is CC(C)[C@H](N)C(=O)NCC(=O)NCC12CC3CC(CC(C3)C1)C2.Cl. The first kappa shape index (κ1) is 19.5. The molecule has 4 N–H and O–H groups in total. The monoisotopic (exact) mass is 357 g/mol. The van der Waals surface area contributed by atoms with Crippen LogP contribution < -0.4 is 16.4 Å². The highest BCUT2D eigenvalue weighted by atomic mass is 35.5. The minimum absolute atomic E-state index is 0. The van der Waals surface area contributed by atoms with E-state index < -0.39 is 6.04 Å². The van der Waals surface area contributed by atoms with E-state index >= 15 is 0 Å². The summed E-state index contributed by atoms with van der Waals surface area (Å²) in [7, 11) is 0. The van der Waals surface area contributed by atoms with Crippen LogP contribution in [0.4, 0.5) is 0 Å². The highest BCUT2D eigenvalue weighted by molar-refractivity contribution is 5.87. The summed E-state index contributed by atoms with van der Waals surface area (Å²) in [6.07, 6.45) is 8.08. The topological polar surface area (TPSA) is 84.2 Å². The molecular weight excluding hydrogens is 326 g/mol. The molecule has 4 fully saturated rings. The molecule has 0 unspecified atom stereocenters. The largest absolute Gasteiger partial charge is 0.354 e. The molecule has 1 atom stereocenters. The Balaban J connectivity index is 0.00000208. The summed E-state index contributed by atoms with van der Waals surface area (Å²) < 4.78 is 0. The molecule has 4 saturated carbocycles. The Labute approximate surface area is 151 Å². The van der Waals surface area contributed by atoms with Gasteiger partial charge in [-0.1, -0.05) is 13.8 Å². The number of halogens is 1. The molecule has 24 heavy (non-hydrogen) atoms. The van der Waals surface area contributed by atoms with Crippen molar-refractivity contribution in [2.24, 2.45) is 34.8 Å². The second-order valence-corrected chi connectivity index (χ2v) is 8.68. The van der Waals surface area contributed by atoms with Crippen LogP contribution in [-0.4, -0.2) is 30.9 Å². The van der Waals surface area contributed by atoms with Crippen molar-refractivity contribution in [3.63, 3.8) is 0 Å². The van der Waals surface area contributed by atoms with Crippen LogP contribution in [0.15, 0.2) is 0 Å². The Morgan fingerprint density at radius 1 is 1.04 bits per heavy atom. The van der Waals surface area contributed by atoms with Crippen LogP contribution in [-0.2, 0) is 9.59 Å². The number of carbonyl (C=O) groups excluding carboxylic acids is 2. The lowest BCUT2D eigenvalue weighted by atomic mass is 9.49. The molecule has 2 amide bonds. The second-order valence-electron chi connectivity index (χ2n) is 8.68. The van der Waals surface area contributed by atoms with E-state index in [1.165, 1.54) is 38.5 Å². The number of rotatable bonds is 6. The standard InChI is InChI=1S/C18H31N3O2.ClH/c1-11(2)16(19)17(23)20-9-15(22)21-10-18-6-12-3-13(7-18)5-14(4-12)8-18;/h11-14,16H,3-10,19H2,1-2H3,(H,20,23)(H,21,22);1H/t12?,13?,14?,16-,18?;/m0./s1. The zero-order valence-electron chi connectivity index (χ0n) is 14.8. The maximum Gasteiger partial charge on any atom is 0.239 e. The van der Waals surface area contributed by atoms with Crippen LogP contribution in [0.5, 0.6) is 0 Å². The first-order valence-corrected chi connectivity index (χ1v) is 9.17. The molecule has 4 aliphatic rings. The summed E-state index contributed by atoms with van der Waals surface area (Å²) in [4.78, 5) is 23.9. The summed E-state index contributed by atoms with van der Waals surface area (Å²) in [5.41, 5.74) is 6.11. The van der Waals surface area contributed by atoms with E-state index in [1.54, 1.807) is 0 Å². The van der Waals surface area contributed by atoms with Crippen molar-refractivity contribution in [2.45, 2.75) is 58.4 Å². The van der Waals surface area contributed by atoms with Crippen molar-refractivity contribution in [3.8, 4) is 0 Å². The van der Waals surface area contributed by atoms with Gasteiger partial charge in [-0.3, -0.25) is 9.59 Å². The van der Waals surface area contributed by atoms with Crippen molar-refractivity contribution < 1.29 is 9.59 Å². The molecular formula is C18H32ClN3O2. The molecule has 0 radical (unpaired) electrons. The zero-order valence-corrected chi connectivity index (χ0v) is 15.7. The van der Waals surface area contributed by atoms with Crippen molar-refractivity contribution in [3.05, 3.63) is 0 Å². The average molecular weight is 358 g/mol. The normalized spacial score (nSPS) is 34.6. The lowest BCUT2D eigenvalue weighted by Crippen LogP contribution is -2.52. The average Bonchev–Trinajstić information content (AvgIpc) is 2.48. The number of nitrogens with one attached hydrogen (secondary N) is 2. The van der Waals surface area contributed by atoms with E-state index in [2.05, 4.69) is 10.6 Å². The van der Waals surface area contributed by atoms with E-state index in [0.29, 0.717) is 5.41 Å². The van der Waals surface area contributed by atoms with Crippen LogP contribution in [0.1, 0.15) is 52.4 Å². The number of nitrogens with two attached hydrogens (primary N) is 1. The van der Waals surface area contributed by atoms with Gasteiger partial charge in [0, 0.05) is 6.54 Å². The number of hydrogen-bond acceptors (Lipinski definition) is 3. The minimum Gasteiger partial charge on any atom is -0.354 e. The van der Waals surface area contributed by atoms with Gasteiger partial charge in [0.05, 0.1) is 12.6 Å². The first-order chi connectivity index (χ1) is 10.9. The molecule has 0 aromatic heterocycles. The fourth-order valence-electron chi connectivity index (χ4n) is 5.44. The molecule has 0 aromatic rings. The van der Waals surface area contributed by atoms with Gasteiger partial charge in [0.25, 0.3) is 0 Å². The highest BCUT2D eigenvalue weighted by Gasteiger charge is 2.50. The Bertz CT molecular complexity index is 446. The number of hydrogen-bond donors (Lipinski definition) is 3. The smallest absolute Gasteiger partial charge is 0.239 e. The van der Waals surface area contributed by atoms with Crippen LogP contribution >= 0.6 is 12.4 Å². The molecule has 0 saturated heterocycles. The van der Waals surface area contributed by atoms with Crippen LogP contribution in [0.25, 0.3) is 0 Å². The predicted molar refractivity (Wildman–Crippen MR) is 96.7 cm³/mol. The summed E-state index contributed by atoms with van der Waals surface area (Å²) in [5, 5.41) is 5.71. The lowest BCUT2D eigenvalue weighted by molar-refractivity contribution is -0.128. The third kappa shape index (κ3) is 4.23. The summed E-state index contributed by atoms with van der Waals surface area (Å²) in [6, 6.07) is -0.550. The van der Waals surface area contributed by atoms with E-state index in [0.717, 1.165) is 24.3 Å². The van der Waals surface area contributed by atoms with Gasteiger partial charge in [0.1, 0.15) is 0 Å². The summed E-state index contributed by atoms with van der Waals surface area (Å²) >= 11 is 0. The quantitative estimate of drug-likeness (QED) is 0.678. The summed E-state index contributed by atoms with van der Waals surface area (Å²) in [5.74, 6) is 2.41. The van der Waals surface area contributed by atoms with Crippen LogP contribution in [0, 0.1) is 29.1 Å². The highest BCUT2D eigenvalue weighted by Crippen LogP contribution is 2.59. The molecule has 0 spiro atoms. The van der Waals surface area contributed by atoms with E-state index in [9.17, 15) is 9.59 Å². The third-order valence-corrected chi connectivity index (χ3v) is 6.27. The van der Waals surface area contributed by atoms with Gasteiger partial charge < -0.3 is 16.4 Å². The van der Waals surface area contributed by atoms with E-state index in [1.807, 2.05) is 13.8 Å². The van der Waals surface area contributed by atoms with Gasteiger partial charge in [-0.15, -0.1) is 12.4 Å². The molecule has 6 heteroatoms. The number of amides is 2. The van der Waals surface area contributed by atoms with Crippen molar-refractivity contribution >= 4 is 24.2 Å². The van der Waals surface area contributed by atoms with Gasteiger partial charge in [-0.25, -0.2) is 0 Å². The molecule has 0 aliphatic heterocycles. The van der Waals surface area contributed by atoms with Gasteiger partial charge in [0.15, 0.2) is 0 Å². The zero-order chi connectivity index (χ0) is 16.6. The lowest BCUT2D eigenvalue weighted by Gasteiger charge is -2.56. The summed E-state index contributed by atoms with van der Waals surface area (Å²) in [6.45, 7) is 4.61. The third-order valence-electron chi connectivity index (χ3n) is 6.27. The second kappa shape index (κ2) is 7.61. The van der Waals surface area contributed by atoms with Gasteiger partial charge in [-0.05, 0) is 67.6 Å². The molecule has 4 aliphatic carbocycles. The van der Waals surface area contributed by atoms with Gasteiger partial charge in [0.2, 0.25) is 11.8 Å². The van der Waals surface area contributed by atoms with Crippen LogP contribution in [0.2, 0.25) is 0 Å². The maximum absolute atomic E-state index is 12.1. The number of carbonyl (C=O) groups is 2. The first-order valence-electron chi connectivity index (χ1n) is 9.17. The molecule has 0 aromatic carbocycles. The molecule has 5 nitrogen and oxygen atoms in total. The Morgan fingerprint density at radius 2 is 1.54 bits per heavy atom. The van der Waals surface area contributed by atoms with Crippen molar-refractivity contribution in [1.29, 1.82) is 0 Å². The molecule has 0 heterocycles. The predicted octanol–water partition coefficient (Wildman–Crippen LogP) is 1.84. The Morgan fingerprint density at radius 3 is 2.00 bits per heavy atom. The van der Waals surface area contributed by atoms with Crippen molar-refractivity contribution in [1.82, 2.24) is 10.6 Å². The van der Waals surface area contributed by atoms with Gasteiger partial charge in [-0.2, -0.15) is 0 Å². The maximum atomic E-state index is 12.1. The van der Waals surface area contributed by atoms with Gasteiger partial charge >= 0.3 is 0 Å². The Hall–Kier alpha value is -0.810. The molecule has 4 rings (SSSR count). The van der Waals surface area contributed by atoms with E-state index in [-0.39, 0.29) is 36.7 Å². The van der Waals surface area contributed by atoms with Crippen molar-refractivity contribution in [2.75, 3.05) is 13.1 Å². The van der Waals surface area contributed by atoms with Crippen LogP contribution in [0.3, 0.4) is 0 Å². The molecule has 4 bridgehead atoms. The fraction of sp³-hybridized carbons (Fsp3) is 0.889. The molecule has 138 valence electrons. The van der Waals surface area contributed by atoms with E-state index in [4.69, 9.17) is 5.73 Å².